The summed E-state index contributed by atoms with van der Waals surface area (Å²) in [5, 5.41) is 3.14. The molecule has 2 atom stereocenters. The van der Waals surface area contributed by atoms with Crippen LogP contribution >= 0.6 is 0 Å². The molecular formula is C20H19N3O2. The number of benzene rings is 1. The summed E-state index contributed by atoms with van der Waals surface area (Å²) < 4.78 is 0. The summed E-state index contributed by atoms with van der Waals surface area (Å²) in [7, 11) is 1.86. The van der Waals surface area contributed by atoms with E-state index in [0.29, 0.717) is 18.5 Å². The van der Waals surface area contributed by atoms with Gasteiger partial charge in [-0.05, 0) is 42.7 Å². The molecule has 0 saturated carbocycles. The standard InChI is InChI=1S/C20H19N3O2/c1-21-17-8-5-11-22-18(17)13-9-10-15-16(12-13)20(25)23(19(15)24)14-6-3-2-4-7-14/h2-9,11,15-16,21H,10,12H2,1H3. The minimum Gasteiger partial charge on any atom is -0.386 e. The van der Waals surface area contributed by atoms with E-state index in [9.17, 15) is 9.59 Å². The second-order valence-corrected chi connectivity index (χ2v) is 6.38. The summed E-state index contributed by atoms with van der Waals surface area (Å²) in [6.45, 7) is 0. The molecule has 1 fully saturated rings. The zero-order valence-electron chi connectivity index (χ0n) is 14.0. The number of fused-ring (bicyclic) bond motifs is 1. The van der Waals surface area contributed by atoms with Gasteiger partial charge in [-0.3, -0.25) is 19.5 Å². The molecule has 0 bridgehead atoms. The first-order valence-electron chi connectivity index (χ1n) is 8.45. The van der Waals surface area contributed by atoms with Gasteiger partial charge in [0.25, 0.3) is 0 Å². The van der Waals surface area contributed by atoms with Gasteiger partial charge in [-0.1, -0.05) is 24.3 Å². The molecule has 4 rings (SSSR count). The lowest BCUT2D eigenvalue weighted by Crippen LogP contribution is -2.30. The van der Waals surface area contributed by atoms with Crippen LogP contribution in [0.15, 0.2) is 54.7 Å². The summed E-state index contributed by atoms with van der Waals surface area (Å²) in [6.07, 6.45) is 4.93. The Kier molecular flexibility index (Phi) is 3.84. The Labute approximate surface area is 146 Å². The molecule has 1 N–H and O–H groups in total. The fraction of sp³-hybridized carbons (Fsp3) is 0.250. The first-order chi connectivity index (χ1) is 12.2. The second kappa shape index (κ2) is 6.16. The molecule has 1 aromatic carbocycles. The second-order valence-electron chi connectivity index (χ2n) is 6.38. The number of nitrogens with zero attached hydrogens (tertiary/aromatic N) is 2. The number of para-hydroxylation sites is 1. The molecule has 1 aliphatic carbocycles. The van der Waals surface area contributed by atoms with Gasteiger partial charge in [0.05, 0.1) is 28.9 Å². The molecule has 0 spiro atoms. The van der Waals surface area contributed by atoms with Crippen LogP contribution in [0.1, 0.15) is 18.5 Å². The number of hydrogen-bond donors (Lipinski definition) is 1. The molecule has 5 nitrogen and oxygen atoms in total. The predicted molar refractivity (Wildman–Crippen MR) is 96.9 cm³/mol. The third-order valence-electron chi connectivity index (χ3n) is 5.01. The Balaban J connectivity index is 1.65. The zero-order chi connectivity index (χ0) is 17.4. The minimum absolute atomic E-state index is 0.0913. The zero-order valence-corrected chi connectivity index (χ0v) is 14.0. The van der Waals surface area contributed by atoms with Crippen molar-refractivity contribution in [3.63, 3.8) is 0 Å². The van der Waals surface area contributed by atoms with Crippen LogP contribution in [0.25, 0.3) is 5.57 Å². The molecule has 2 aromatic rings. The average molecular weight is 333 g/mol. The van der Waals surface area contributed by atoms with E-state index in [0.717, 1.165) is 17.0 Å². The highest BCUT2D eigenvalue weighted by Crippen LogP contribution is 2.43. The van der Waals surface area contributed by atoms with E-state index in [4.69, 9.17) is 0 Å². The lowest BCUT2D eigenvalue weighted by Gasteiger charge is -2.22. The van der Waals surface area contributed by atoms with Gasteiger partial charge >= 0.3 is 0 Å². The van der Waals surface area contributed by atoms with E-state index in [1.165, 1.54) is 4.90 Å². The monoisotopic (exact) mass is 333 g/mol. The molecule has 2 heterocycles. The summed E-state index contributed by atoms with van der Waals surface area (Å²) in [5.74, 6) is -0.766. The average Bonchev–Trinajstić information content (AvgIpc) is 2.92. The van der Waals surface area contributed by atoms with E-state index in [2.05, 4.69) is 16.4 Å². The van der Waals surface area contributed by atoms with E-state index in [1.807, 2.05) is 37.4 Å². The number of carbonyl (C=O) groups excluding carboxylic acids is 2. The fourth-order valence-electron chi connectivity index (χ4n) is 3.76. The van der Waals surface area contributed by atoms with E-state index in [-0.39, 0.29) is 23.7 Å². The van der Waals surface area contributed by atoms with Gasteiger partial charge in [0, 0.05) is 13.2 Å². The first kappa shape index (κ1) is 15.6. The van der Waals surface area contributed by atoms with Crippen molar-refractivity contribution in [1.82, 2.24) is 4.98 Å². The van der Waals surface area contributed by atoms with Gasteiger partial charge in [0.1, 0.15) is 0 Å². The molecule has 1 aromatic heterocycles. The molecule has 2 unspecified atom stereocenters. The number of rotatable bonds is 3. The number of carbonyl (C=O) groups is 2. The lowest BCUT2D eigenvalue weighted by molar-refractivity contribution is -0.122. The van der Waals surface area contributed by atoms with Crippen molar-refractivity contribution in [3.05, 3.63) is 60.4 Å². The van der Waals surface area contributed by atoms with Crippen LogP contribution in [-0.4, -0.2) is 23.8 Å². The molecule has 25 heavy (non-hydrogen) atoms. The van der Waals surface area contributed by atoms with Gasteiger partial charge < -0.3 is 5.32 Å². The third-order valence-corrected chi connectivity index (χ3v) is 5.01. The van der Waals surface area contributed by atoms with Crippen LogP contribution in [0.2, 0.25) is 0 Å². The largest absolute Gasteiger partial charge is 0.386 e. The highest BCUT2D eigenvalue weighted by atomic mass is 16.2. The van der Waals surface area contributed by atoms with Crippen molar-refractivity contribution in [1.29, 1.82) is 0 Å². The summed E-state index contributed by atoms with van der Waals surface area (Å²) >= 11 is 0. The topological polar surface area (TPSA) is 62.3 Å². The van der Waals surface area contributed by atoms with Gasteiger partial charge in [0.15, 0.2) is 0 Å². The summed E-state index contributed by atoms with van der Waals surface area (Å²) in [6, 6.07) is 13.0. The Morgan fingerprint density at radius 1 is 1.04 bits per heavy atom. The number of imide groups is 1. The molecular weight excluding hydrogens is 314 g/mol. The molecule has 1 saturated heterocycles. The number of aromatic nitrogens is 1. The van der Waals surface area contributed by atoms with Gasteiger partial charge in [-0.15, -0.1) is 0 Å². The molecule has 5 heteroatoms. The van der Waals surface area contributed by atoms with Crippen molar-refractivity contribution in [2.45, 2.75) is 12.8 Å². The van der Waals surface area contributed by atoms with Crippen LogP contribution in [0, 0.1) is 11.8 Å². The maximum atomic E-state index is 12.9. The van der Waals surface area contributed by atoms with Gasteiger partial charge in [-0.25, -0.2) is 0 Å². The van der Waals surface area contributed by atoms with Crippen LogP contribution in [-0.2, 0) is 9.59 Å². The van der Waals surface area contributed by atoms with Gasteiger partial charge in [0.2, 0.25) is 11.8 Å². The van der Waals surface area contributed by atoms with Gasteiger partial charge in [-0.2, -0.15) is 0 Å². The predicted octanol–water partition coefficient (Wildman–Crippen LogP) is 3.11. The quantitative estimate of drug-likeness (QED) is 0.877. The smallest absolute Gasteiger partial charge is 0.238 e. The minimum atomic E-state index is -0.306. The van der Waals surface area contributed by atoms with Crippen molar-refractivity contribution in [2.75, 3.05) is 17.3 Å². The summed E-state index contributed by atoms with van der Waals surface area (Å²) in [4.78, 5) is 31.5. The van der Waals surface area contributed by atoms with Crippen molar-refractivity contribution in [2.24, 2.45) is 11.8 Å². The Morgan fingerprint density at radius 3 is 2.56 bits per heavy atom. The SMILES string of the molecule is CNc1cccnc1C1=CCC2C(=O)N(c3ccccc3)C(=O)C2C1. The number of amides is 2. The molecule has 0 radical (unpaired) electrons. The van der Waals surface area contributed by atoms with Crippen LogP contribution in [0.3, 0.4) is 0 Å². The molecule has 1 aliphatic heterocycles. The van der Waals surface area contributed by atoms with E-state index >= 15 is 0 Å². The third kappa shape index (κ3) is 2.52. The number of nitrogens with one attached hydrogen (secondary N) is 1. The van der Waals surface area contributed by atoms with E-state index in [1.54, 1.807) is 18.3 Å². The Bertz CT molecular complexity index is 860. The maximum Gasteiger partial charge on any atom is 0.238 e. The van der Waals surface area contributed by atoms with Crippen LogP contribution in [0.5, 0.6) is 0 Å². The number of hydrogen-bond acceptors (Lipinski definition) is 4. The highest BCUT2D eigenvalue weighted by Gasteiger charge is 2.49. The first-order valence-corrected chi connectivity index (χ1v) is 8.45. The lowest BCUT2D eigenvalue weighted by atomic mass is 9.80. The molecule has 2 amide bonds. The normalized spacial score (nSPS) is 22.6. The number of anilines is 2. The van der Waals surface area contributed by atoms with Crippen LogP contribution in [0.4, 0.5) is 11.4 Å². The van der Waals surface area contributed by atoms with Crippen molar-refractivity contribution in [3.8, 4) is 0 Å². The Hall–Kier alpha value is -2.95. The van der Waals surface area contributed by atoms with Crippen LogP contribution < -0.4 is 10.2 Å². The highest BCUT2D eigenvalue weighted by molar-refractivity contribution is 6.22. The molecule has 2 aliphatic rings. The van der Waals surface area contributed by atoms with Crippen molar-refractivity contribution < 1.29 is 9.59 Å². The number of pyridine rings is 1. The maximum absolute atomic E-state index is 12.9. The van der Waals surface area contributed by atoms with Crippen molar-refractivity contribution >= 4 is 28.8 Å². The number of allylic oxidation sites excluding steroid dienone is 2. The molecule has 126 valence electrons. The summed E-state index contributed by atoms with van der Waals surface area (Å²) in [5.41, 5.74) is 3.48. The Morgan fingerprint density at radius 2 is 1.80 bits per heavy atom. The fourth-order valence-corrected chi connectivity index (χ4v) is 3.76. The van der Waals surface area contributed by atoms with E-state index < -0.39 is 0 Å².